The normalized spacial score (nSPS) is 13.7. The fraction of sp³-hybridized carbons (Fsp3) is 0.375. The topological polar surface area (TPSA) is 71.2 Å². The number of rotatable bonds is 5. The molecule has 1 heterocycles. The standard InChI is InChI=1S/C16H20N2O3/c1-4-10(2)14(16(20)21-3)18-15(19)12-5-6-13-11(9-12)7-8-17-13/h5-10,14,17H,4H2,1-3H3,(H,18,19)/t10-,14-/m1/s1. The largest absolute Gasteiger partial charge is 0.467 e. The number of carbonyl (C=O) groups excluding carboxylic acids is 2. The summed E-state index contributed by atoms with van der Waals surface area (Å²) in [6, 6.07) is 6.65. The molecule has 0 aliphatic rings. The van der Waals surface area contributed by atoms with E-state index >= 15 is 0 Å². The van der Waals surface area contributed by atoms with Gasteiger partial charge in [-0.05, 0) is 30.2 Å². The molecule has 0 bridgehead atoms. The van der Waals surface area contributed by atoms with Crippen LogP contribution in [-0.2, 0) is 9.53 Å². The second-order valence-electron chi connectivity index (χ2n) is 5.14. The van der Waals surface area contributed by atoms with Gasteiger partial charge in [-0.1, -0.05) is 20.3 Å². The molecule has 21 heavy (non-hydrogen) atoms. The molecule has 0 spiro atoms. The van der Waals surface area contributed by atoms with Crippen molar-refractivity contribution in [3.63, 3.8) is 0 Å². The predicted octanol–water partition coefficient (Wildman–Crippen LogP) is 2.49. The van der Waals surface area contributed by atoms with E-state index < -0.39 is 12.0 Å². The lowest BCUT2D eigenvalue weighted by atomic mass is 9.98. The summed E-state index contributed by atoms with van der Waals surface area (Å²) in [6.45, 7) is 3.88. The Kier molecular flexibility index (Phi) is 4.62. The van der Waals surface area contributed by atoms with Crippen molar-refractivity contribution in [1.29, 1.82) is 0 Å². The summed E-state index contributed by atoms with van der Waals surface area (Å²) in [5, 5.41) is 3.73. The van der Waals surface area contributed by atoms with Crippen molar-refractivity contribution < 1.29 is 14.3 Å². The van der Waals surface area contributed by atoms with Crippen molar-refractivity contribution >= 4 is 22.8 Å². The third-order valence-corrected chi connectivity index (χ3v) is 3.77. The Balaban J connectivity index is 2.19. The van der Waals surface area contributed by atoms with Crippen LogP contribution in [0.5, 0.6) is 0 Å². The van der Waals surface area contributed by atoms with Gasteiger partial charge < -0.3 is 15.0 Å². The molecule has 0 saturated heterocycles. The number of hydrogen-bond donors (Lipinski definition) is 2. The molecule has 0 aliphatic heterocycles. The monoisotopic (exact) mass is 288 g/mol. The molecule has 0 unspecified atom stereocenters. The van der Waals surface area contributed by atoms with Gasteiger partial charge in [0.1, 0.15) is 6.04 Å². The van der Waals surface area contributed by atoms with Gasteiger partial charge in [0.15, 0.2) is 0 Å². The number of esters is 1. The lowest BCUT2D eigenvalue weighted by Crippen LogP contribution is -2.45. The Morgan fingerprint density at radius 3 is 2.76 bits per heavy atom. The Bertz CT molecular complexity index is 648. The Morgan fingerprint density at radius 1 is 1.33 bits per heavy atom. The number of ether oxygens (including phenoxy) is 1. The van der Waals surface area contributed by atoms with E-state index in [-0.39, 0.29) is 11.8 Å². The van der Waals surface area contributed by atoms with Crippen molar-refractivity contribution in [1.82, 2.24) is 10.3 Å². The van der Waals surface area contributed by atoms with Gasteiger partial charge in [0.2, 0.25) is 0 Å². The Labute approximate surface area is 123 Å². The first-order valence-electron chi connectivity index (χ1n) is 7.02. The highest BCUT2D eigenvalue weighted by Gasteiger charge is 2.27. The van der Waals surface area contributed by atoms with Gasteiger partial charge in [-0.2, -0.15) is 0 Å². The average molecular weight is 288 g/mol. The first-order valence-corrected chi connectivity index (χ1v) is 7.02. The third-order valence-electron chi connectivity index (χ3n) is 3.77. The number of H-pyrrole nitrogens is 1. The van der Waals surface area contributed by atoms with Crippen molar-refractivity contribution in [2.75, 3.05) is 7.11 Å². The van der Waals surface area contributed by atoms with Gasteiger partial charge in [0, 0.05) is 22.7 Å². The first-order chi connectivity index (χ1) is 10.1. The molecule has 1 aromatic carbocycles. The van der Waals surface area contributed by atoms with Crippen LogP contribution in [0.4, 0.5) is 0 Å². The summed E-state index contributed by atoms with van der Waals surface area (Å²) in [5.41, 5.74) is 1.50. The van der Waals surface area contributed by atoms with Crippen LogP contribution in [0.1, 0.15) is 30.6 Å². The fourth-order valence-corrected chi connectivity index (χ4v) is 2.22. The lowest BCUT2D eigenvalue weighted by Gasteiger charge is -2.21. The maximum absolute atomic E-state index is 12.3. The SMILES string of the molecule is CC[C@@H](C)[C@@H](NC(=O)c1ccc2[nH]ccc2c1)C(=O)OC. The van der Waals surface area contributed by atoms with Crippen LogP contribution in [0.3, 0.4) is 0 Å². The molecule has 5 heteroatoms. The van der Waals surface area contributed by atoms with E-state index in [4.69, 9.17) is 4.74 Å². The quantitative estimate of drug-likeness (QED) is 0.830. The maximum atomic E-state index is 12.3. The van der Waals surface area contributed by atoms with Gasteiger partial charge >= 0.3 is 5.97 Å². The summed E-state index contributed by atoms with van der Waals surface area (Å²) >= 11 is 0. The van der Waals surface area contributed by atoms with E-state index in [0.717, 1.165) is 17.3 Å². The zero-order valence-corrected chi connectivity index (χ0v) is 12.5. The minimum atomic E-state index is -0.630. The van der Waals surface area contributed by atoms with Crippen LogP contribution in [0.25, 0.3) is 10.9 Å². The van der Waals surface area contributed by atoms with Gasteiger partial charge in [-0.3, -0.25) is 4.79 Å². The number of hydrogen-bond acceptors (Lipinski definition) is 3. The predicted molar refractivity (Wildman–Crippen MR) is 81.0 cm³/mol. The molecule has 1 amide bonds. The molecule has 2 N–H and O–H groups in total. The van der Waals surface area contributed by atoms with Gasteiger partial charge in [-0.25, -0.2) is 4.79 Å². The number of amides is 1. The van der Waals surface area contributed by atoms with E-state index in [2.05, 4.69) is 10.3 Å². The molecule has 0 saturated carbocycles. The smallest absolute Gasteiger partial charge is 0.328 e. The second kappa shape index (κ2) is 6.43. The third kappa shape index (κ3) is 3.24. The molecule has 5 nitrogen and oxygen atoms in total. The number of carbonyl (C=O) groups is 2. The van der Waals surface area contributed by atoms with E-state index in [0.29, 0.717) is 5.56 Å². The van der Waals surface area contributed by atoms with E-state index in [1.165, 1.54) is 7.11 Å². The summed E-state index contributed by atoms with van der Waals surface area (Å²) in [4.78, 5) is 27.2. The molecule has 1 aromatic heterocycles. The number of aromatic amines is 1. The van der Waals surface area contributed by atoms with E-state index in [9.17, 15) is 9.59 Å². The van der Waals surface area contributed by atoms with E-state index in [1.54, 1.807) is 12.1 Å². The Hall–Kier alpha value is -2.30. The number of methoxy groups -OCH3 is 1. The van der Waals surface area contributed by atoms with Crippen molar-refractivity contribution in [3.8, 4) is 0 Å². The number of nitrogens with one attached hydrogen (secondary N) is 2. The number of benzene rings is 1. The summed E-state index contributed by atoms with van der Waals surface area (Å²) < 4.78 is 4.77. The zero-order chi connectivity index (χ0) is 15.4. The van der Waals surface area contributed by atoms with Crippen molar-refractivity contribution in [3.05, 3.63) is 36.0 Å². The van der Waals surface area contributed by atoms with Crippen LogP contribution in [0.2, 0.25) is 0 Å². The molecule has 2 atom stereocenters. The van der Waals surface area contributed by atoms with Crippen LogP contribution in [0, 0.1) is 5.92 Å². The molecular formula is C16H20N2O3. The minimum Gasteiger partial charge on any atom is -0.467 e. The highest BCUT2D eigenvalue weighted by atomic mass is 16.5. The molecule has 112 valence electrons. The minimum absolute atomic E-state index is 0.0115. The summed E-state index contributed by atoms with van der Waals surface area (Å²) in [6.07, 6.45) is 2.60. The highest BCUT2D eigenvalue weighted by Crippen LogP contribution is 2.15. The molecular weight excluding hydrogens is 268 g/mol. The second-order valence-corrected chi connectivity index (χ2v) is 5.14. The van der Waals surface area contributed by atoms with E-state index in [1.807, 2.05) is 32.2 Å². The molecule has 0 radical (unpaired) electrons. The number of fused-ring (bicyclic) bond motifs is 1. The molecule has 0 aliphatic carbocycles. The van der Waals surface area contributed by atoms with Gasteiger partial charge in [0.05, 0.1) is 7.11 Å². The van der Waals surface area contributed by atoms with Gasteiger partial charge in [0.25, 0.3) is 5.91 Å². The summed E-state index contributed by atoms with van der Waals surface area (Å²) in [5.74, 6) is -0.674. The number of aromatic nitrogens is 1. The maximum Gasteiger partial charge on any atom is 0.328 e. The van der Waals surface area contributed by atoms with Crippen LogP contribution >= 0.6 is 0 Å². The summed E-state index contributed by atoms with van der Waals surface area (Å²) in [7, 11) is 1.33. The van der Waals surface area contributed by atoms with Gasteiger partial charge in [-0.15, -0.1) is 0 Å². The Morgan fingerprint density at radius 2 is 2.10 bits per heavy atom. The lowest BCUT2D eigenvalue weighted by molar-refractivity contribution is -0.144. The molecule has 2 rings (SSSR count). The van der Waals surface area contributed by atoms with Crippen LogP contribution in [-0.4, -0.2) is 30.0 Å². The van der Waals surface area contributed by atoms with Crippen molar-refractivity contribution in [2.45, 2.75) is 26.3 Å². The highest BCUT2D eigenvalue weighted by molar-refractivity contribution is 5.99. The molecule has 2 aromatic rings. The van der Waals surface area contributed by atoms with Crippen LogP contribution in [0.15, 0.2) is 30.5 Å². The average Bonchev–Trinajstić information content (AvgIpc) is 2.98. The zero-order valence-electron chi connectivity index (χ0n) is 12.5. The van der Waals surface area contributed by atoms with Crippen molar-refractivity contribution in [2.24, 2.45) is 5.92 Å². The van der Waals surface area contributed by atoms with Crippen LogP contribution < -0.4 is 5.32 Å². The molecule has 0 fully saturated rings. The first kappa shape index (κ1) is 15.1. The fourth-order valence-electron chi connectivity index (χ4n) is 2.22.